The highest BCUT2D eigenvalue weighted by Crippen LogP contribution is 2.18. The molecule has 2 unspecified atom stereocenters. The molecule has 4 heteroatoms. The number of allylic oxidation sites excluding steroid dienone is 2. The number of rotatable bonds is 8. The smallest absolute Gasteiger partial charge is 0.246 e. The predicted molar refractivity (Wildman–Crippen MR) is 97.3 cm³/mol. The molecule has 2 rings (SSSR count). The van der Waals surface area contributed by atoms with E-state index in [9.17, 15) is 9.59 Å². The molecule has 0 saturated heterocycles. The quantitative estimate of drug-likeness (QED) is 0.508. The van der Waals surface area contributed by atoms with Gasteiger partial charge in [0.25, 0.3) is 0 Å². The van der Waals surface area contributed by atoms with Crippen LogP contribution in [0.1, 0.15) is 25.7 Å². The molecule has 0 aromatic rings. The average Bonchev–Trinajstić information content (AvgIpc) is 3.30. The van der Waals surface area contributed by atoms with Crippen molar-refractivity contribution in [1.29, 1.82) is 0 Å². The Labute approximate surface area is 144 Å². The minimum atomic E-state index is -0.0612. The van der Waals surface area contributed by atoms with Crippen LogP contribution in [0, 0.1) is 0 Å². The largest absolute Gasteiger partial charge is 0.329 e. The molecule has 0 fully saturated rings. The van der Waals surface area contributed by atoms with Gasteiger partial charge in [0, 0.05) is 13.1 Å². The van der Waals surface area contributed by atoms with Crippen LogP contribution in [0.4, 0.5) is 0 Å². The van der Waals surface area contributed by atoms with E-state index in [1.807, 2.05) is 22.0 Å². The first-order valence-electron chi connectivity index (χ1n) is 8.51. The molecule has 0 bridgehead atoms. The van der Waals surface area contributed by atoms with Crippen LogP contribution in [-0.4, -0.2) is 46.8 Å². The molecule has 2 aliphatic carbocycles. The Morgan fingerprint density at radius 1 is 0.875 bits per heavy atom. The van der Waals surface area contributed by atoms with Crippen LogP contribution in [0.15, 0.2) is 61.8 Å². The van der Waals surface area contributed by atoms with Crippen LogP contribution in [0.2, 0.25) is 0 Å². The molecule has 0 spiro atoms. The van der Waals surface area contributed by atoms with Crippen LogP contribution < -0.4 is 0 Å². The molecule has 0 aromatic heterocycles. The van der Waals surface area contributed by atoms with Gasteiger partial charge in [-0.15, -0.1) is 0 Å². The van der Waals surface area contributed by atoms with Crippen molar-refractivity contribution in [2.75, 3.05) is 13.1 Å². The SMILES string of the molecule is C=CC(=O)N(C/C=C/CN(C(=O)C=C)C1C=CCC1)C1C=CCC1. The summed E-state index contributed by atoms with van der Waals surface area (Å²) in [5, 5.41) is 0. The van der Waals surface area contributed by atoms with E-state index in [0.29, 0.717) is 13.1 Å². The zero-order valence-electron chi connectivity index (χ0n) is 14.1. The second-order valence-electron chi connectivity index (χ2n) is 6.01. The van der Waals surface area contributed by atoms with Gasteiger partial charge in [0.2, 0.25) is 11.8 Å². The normalized spacial score (nSPS) is 22.0. The van der Waals surface area contributed by atoms with Gasteiger partial charge in [-0.1, -0.05) is 49.6 Å². The summed E-state index contributed by atoms with van der Waals surface area (Å²) < 4.78 is 0. The first-order chi connectivity index (χ1) is 11.7. The van der Waals surface area contributed by atoms with Gasteiger partial charge in [-0.3, -0.25) is 9.59 Å². The molecule has 4 nitrogen and oxygen atoms in total. The minimum absolute atomic E-state index is 0.0612. The van der Waals surface area contributed by atoms with Gasteiger partial charge in [0.1, 0.15) is 0 Å². The first-order valence-corrected chi connectivity index (χ1v) is 8.51. The van der Waals surface area contributed by atoms with E-state index >= 15 is 0 Å². The minimum Gasteiger partial charge on any atom is -0.329 e. The molecule has 0 heterocycles. The van der Waals surface area contributed by atoms with E-state index < -0.39 is 0 Å². The second kappa shape index (κ2) is 9.06. The number of carbonyl (C=O) groups excluding carboxylic acids is 2. The fraction of sp³-hybridized carbons (Fsp3) is 0.400. The fourth-order valence-corrected chi connectivity index (χ4v) is 3.14. The van der Waals surface area contributed by atoms with Crippen molar-refractivity contribution < 1.29 is 9.59 Å². The van der Waals surface area contributed by atoms with Crippen molar-refractivity contribution in [1.82, 2.24) is 9.80 Å². The van der Waals surface area contributed by atoms with Crippen molar-refractivity contribution in [2.45, 2.75) is 37.8 Å². The lowest BCUT2D eigenvalue weighted by molar-refractivity contribution is -0.127. The molecule has 0 aliphatic heterocycles. The van der Waals surface area contributed by atoms with Gasteiger partial charge >= 0.3 is 0 Å². The Kier molecular flexibility index (Phi) is 6.79. The standard InChI is InChI=1S/C20H26N2O2/c1-3-19(23)21(17-11-5-6-12-17)15-9-10-16-22(20(24)4-2)18-13-7-8-14-18/h3-5,7,9-11,13,17-18H,1-2,6,8,12,14-16H2/b10-9+. The van der Waals surface area contributed by atoms with Gasteiger partial charge < -0.3 is 9.80 Å². The second-order valence-corrected chi connectivity index (χ2v) is 6.01. The maximum atomic E-state index is 12.0. The Hall–Kier alpha value is -2.36. The molecule has 2 amide bonds. The molecular formula is C20H26N2O2. The van der Waals surface area contributed by atoms with Gasteiger partial charge in [0.15, 0.2) is 0 Å². The summed E-state index contributed by atoms with van der Waals surface area (Å²) in [6, 6.07) is 0.285. The Bertz CT molecular complexity index is 524. The van der Waals surface area contributed by atoms with Crippen LogP contribution in [0.3, 0.4) is 0 Å². The van der Waals surface area contributed by atoms with E-state index in [1.54, 1.807) is 0 Å². The molecule has 0 N–H and O–H groups in total. The number of hydrogen-bond donors (Lipinski definition) is 0. The van der Waals surface area contributed by atoms with Crippen molar-refractivity contribution in [2.24, 2.45) is 0 Å². The topological polar surface area (TPSA) is 40.6 Å². The molecule has 2 atom stereocenters. The lowest BCUT2D eigenvalue weighted by Crippen LogP contribution is -2.38. The summed E-state index contributed by atoms with van der Waals surface area (Å²) in [4.78, 5) is 27.7. The van der Waals surface area contributed by atoms with Gasteiger partial charge in [-0.25, -0.2) is 0 Å². The first kappa shape index (κ1) is 18.0. The Morgan fingerprint density at radius 2 is 1.29 bits per heavy atom. The van der Waals surface area contributed by atoms with Crippen LogP contribution >= 0.6 is 0 Å². The lowest BCUT2D eigenvalue weighted by Gasteiger charge is -2.27. The number of amides is 2. The molecular weight excluding hydrogens is 300 g/mol. The van der Waals surface area contributed by atoms with E-state index in [1.165, 1.54) is 12.2 Å². The third-order valence-electron chi connectivity index (χ3n) is 4.46. The maximum Gasteiger partial charge on any atom is 0.246 e. The van der Waals surface area contributed by atoms with Crippen LogP contribution in [-0.2, 0) is 9.59 Å². The fourth-order valence-electron chi connectivity index (χ4n) is 3.14. The molecule has 0 aromatic carbocycles. The Morgan fingerprint density at radius 3 is 1.58 bits per heavy atom. The number of carbonyl (C=O) groups is 2. The summed E-state index contributed by atoms with van der Waals surface area (Å²) in [6.07, 6.45) is 18.9. The number of hydrogen-bond acceptors (Lipinski definition) is 2. The lowest BCUT2D eigenvalue weighted by atomic mass is 10.2. The molecule has 0 radical (unpaired) electrons. The Balaban J connectivity index is 1.94. The van der Waals surface area contributed by atoms with Crippen molar-refractivity contribution >= 4 is 11.8 Å². The predicted octanol–water partition coefficient (Wildman–Crippen LogP) is 3.01. The highest BCUT2D eigenvalue weighted by atomic mass is 16.2. The molecule has 0 saturated carbocycles. The molecule has 128 valence electrons. The molecule has 24 heavy (non-hydrogen) atoms. The van der Waals surface area contributed by atoms with Crippen LogP contribution in [0.5, 0.6) is 0 Å². The van der Waals surface area contributed by atoms with Crippen LogP contribution in [0.25, 0.3) is 0 Å². The van der Waals surface area contributed by atoms with E-state index in [0.717, 1.165) is 25.7 Å². The van der Waals surface area contributed by atoms with E-state index in [2.05, 4.69) is 37.5 Å². The zero-order chi connectivity index (χ0) is 17.4. The van der Waals surface area contributed by atoms with Crippen molar-refractivity contribution in [3.8, 4) is 0 Å². The van der Waals surface area contributed by atoms with Crippen molar-refractivity contribution in [3.63, 3.8) is 0 Å². The summed E-state index contributed by atoms with van der Waals surface area (Å²) in [6.45, 7) is 8.22. The van der Waals surface area contributed by atoms with E-state index in [4.69, 9.17) is 0 Å². The van der Waals surface area contributed by atoms with Gasteiger partial charge in [-0.05, 0) is 37.8 Å². The molecule has 2 aliphatic rings. The van der Waals surface area contributed by atoms with Gasteiger partial charge in [0.05, 0.1) is 12.1 Å². The summed E-state index contributed by atoms with van der Waals surface area (Å²) >= 11 is 0. The number of nitrogens with zero attached hydrogens (tertiary/aromatic N) is 2. The summed E-state index contributed by atoms with van der Waals surface area (Å²) in [5.74, 6) is -0.122. The highest BCUT2D eigenvalue weighted by Gasteiger charge is 2.22. The third-order valence-corrected chi connectivity index (χ3v) is 4.46. The maximum absolute atomic E-state index is 12.0. The highest BCUT2D eigenvalue weighted by molar-refractivity contribution is 5.88. The van der Waals surface area contributed by atoms with Crippen molar-refractivity contribution in [3.05, 3.63) is 61.8 Å². The summed E-state index contributed by atoms with van der Waals surface area (Å²) in [5.41, 5.74) is 0. The zero-order valence-corrected chi connectivity index (χ0v) is 14.1. The third kappa shape index (κ3) is 4.57. The van der Waals surface area contributed by atoms with Gasteiger partial charge in [-0.2, -0.15) is 0 Å². The average molecular weight is 326 g/mol. The monoisotopic (exact) mass is 326 g/mol. The van der Waals surface area contributed by atoms with E-state index in [-0.39, 0.29) is 23.9 Å². The summed E-state index contributed by atoms with van der Waals surface area (Å²) in [7, 11) is 0.